The van der Waals surface area contributed by atoms with Crippen molar-refractivity contribution in [2.45, 2.75) is 20.4 Å². The minimum atomic E-state index is -3.56. The molecule has 0 heterocycles. The molecule has 0 bridgehead atoms. The Balaban J connectivity index is 2.08. The number of benzene rings is 2. The van der Waals surface area contributed by atoms with Crippen LogP contribution in [0.15, 0.2) is 48.5 Å². The maximum absolute atomic E-state index is 12.7. The quantitative estimate of drug-likeness (QED) is 0.645. The molecule has 2 aromatic rings. The molecule has 2 rings (SSSR count). The van der Waals surface area contributed by atoms with Gasteiger partial charge in [-0.2, -0.15) is 8.42 Å². The molecule has 0 radical (unpaired) electrons. The van der Waals surface area contributed by atoms with Crippen molar-refractivity contribution in [3.63, 3.8) is 0 Å². The van der Waals surface area contributed by atoms with Gasteiger partial charge in [-0.3, -0.25) is 0 Å². The number of carbonyl (C=O) groups is 1. The number of hydrogen-bond acceptors (Lipinski definition) is 5. The van der Waals surface area contributed by atoms with Crippen molar-refractivity contribution in [2.75, 3.05) is 31.3 Å². The Hall–Kier alpha value is -2.58. The first-order valence-electron chi connectivity index (χ1n) is 8.96. The van der Waals surface area contributed by atoms with Gasteiger partial charge in [0, 0.05) is 25.9 Å². The second-order valence-electron chi connectivity index (χ2n) is 6.23. The van der Waals surface area contributed by atoms with Crippen molar-refractivity contribution in [3.05, 3.63) is 59.7 Å². The summed E-state index contributed by atoms with van der Waals surface area (Å²) >= 11 is 0. The highest BCUT2D eigenvalue weighted by atomic mass is 32.2. The standard InChI is InChI=1S/C20H26N2O5S/c1-4-28(24,25)27-18-11-9-17(10-12-18)15-22(13-14-26-3)20(23)21-19-8-6-5-7-16(19)2/h5-12H,4,13-15H2,1-3H3,(H,21,23). The van der Waals surface area contributed by atoms with Crippen LogP contribution in [0.3, 0.4) is 0 Å². The number of anilines is 1. The Morgan fingerprint density at radius 2 is 1.79 bits per heavy atom. The fourth-order valence-corrected chi connectivity index (χ4v) is 2.96. The van der Waals surface area contributed by atoms with E-state index in [4.69, 9.17) is 8.92 Å². The molecule has 1 N–H and O–H groups in total. The van der Waals surface area contributed by atoms with Gasteiger partial charge >= 0.3 is 16.1 Å². The molecule has 0 saturated carbocycles. The summed E-state index contributed by atoms with van der Waals surface area (Å²) in [4.78, 5) is 14.4. The number of hydrogen-bond donors (Lipinski definition) is 1. The van der Waals surface area contributed by atoms with Crippen LogP contribution in [0.4, 0.5) is 10.5 Å². The van der Waals surface area contributed by atoms with E-state index >= 15 is 0 Å². The van der Waals surface area contributed by atoms with Crippen LogP contribution >= 0.6 is 0 Å². The molecule has 0 aromatic heterocycles. The van der Waals surface area contributed by atoms with Crippen molar-refractivity contribution in [3.8, 4) is 5.75 Å². The molecule has 28 heavy (non-hydrogen) atoms. The third kappa shape index (κ3) is 6.54. The van der Waals surface area contributed by atoms with Crippen molar-refractivity contribution in [1.29, 1.82) is 0 Å². The molecule has 0 fully saturated rings. The van der Waals surface area contributed by atoms with Gasteiger partial charge in [0.15, 0.2) is 0 Å². The summed E-state index contributed by atoms with van der Waals surface area (Å²) in [6.07, 6.45) is 0. The van der Waals surface area contributed by atoms with Crippen LogP contribution in [0.5, 0.6) is 5.75 Å². The number of rotatable bonds is 9. The van der Waals surface area contributed by atoms with E-state index in [2.05, 4.69) is 5.32 Å². The van der Waals surface area contributed by atoms with E-state index in [1.165, 1.54) is 6.92 Å². The Morgan fingerprint density at radius 1 is 1.11 bits per heavy atom. The van der Waals surface area contributed by atoms with Crippen molar-refractivity contribution >= 4 is 21.8 Å². The van der Waals surface area contributed by atoms with Gasteiger partial charge in [0.05, 0.1) is 12.4 Å². The van der Waals surface area contributed by atoms with E-state index in [9.17, 15) is 13.2 Å². The first-order chi connectivity index (χ1) is 13.3. The van der Waals surface area contributed by atoms with Crippen LogP contribution in [-0.2, 0) is 21.4 Å². The Kier molecular flexibility index (Phi) is 7.83. The molecule has 0 aliphatic heterocycles. The summed E-state index contributed by atoms with van der Waals surface area (Å²) < 4.78 is 33.2. The van der Waals surface area contributed by atoms with E-state index in [-0.39, 0.29) is 17.5 Å². The van der Waals surface area contributed by atoms with Gasteiger partial charge in [-0.25, -0.2) is 4.79 Å². The molecule has 7 nitrogen and oxygen atoms in total. The van der Waals surface area contributed by atoms with Crippen molar-refractivity contribution in [2.24, 2.45) is 0 Å². The van der Waals surface area contributed by atoms with Crippen LogP contribution in [0, 0.1) is 6.92 Å². The summed E-state index contributed by atoms with van der Waals surface area (Å²) in [5.41, 5.74) is 2.57. The first-order valence-corrected chi connectivity index (χ1v) is 10.5. The van der Waals surface area contributed by atoms with Crippen LogP contribution in [-0.4, -0.2) is 45.4 Å². The Bertz CT molecular complexity index is 882. The Labute approximate surface area is 166 Å². The lowest BCUT2D eigenvalue weighted by molar-refractivity contribution is 0.153. The number of nitrogens with one attached hydrogen (secondary N) is 1. The summed E-state index contributed by atoms with van der Waals surface area (Å²) in [5, 5.41) is 2.92. The van der Waals surface area contributed by atoms with Crippen LogP contribution < -0.4 is 9.50 Å². The molecule has 2 amide bonds. The lowest BCUT2D eigenvalue weighted by Gasteiger charge is -2.23. The minimum Gasteiger partial charge on any atom is -0.383 e. The number of carbonyl (C=O) groups excluding carboxylic acids is 1. The predicted molar refractivity (Wildman–Crippen MR) is 109 cm³/mol. The van der Waals surface area contributed by atoms with Crippen LogP contribution in [0.25, 0.3) is 0 Å². The topological polar surface area (TPSA) is 84.9 Å². The van der Waals surface area contributed by atoms with E-state index in [1.54, 1.807) is 36.3 Å². The maximum Gasteiger partial charge on any atom is 0.322 e. The monoisotopic (exact) mass is 406 g/mol. The van der Waals surface area contributed by atoms with Crippen molar-refractivity contribution in [1.82, 2.24) is 4.90 Å². The third-order valence-electron chi connectivity index (χ3n) is 4.11. The largest absolute Gasteiger partial charge is 0.383 e. The van der Waals surface area contributed by atoms with Gasteiger partial charge in [0.1, 0.15) is 5.75 Å². The van der Waals surface area contributed by atoms with E-state index < -0.39 is 10.1 Å². The van der Waals surface area contributed by atoms with Gasteiger partial charge in [-0.15, -0.1) is 0 Å². The molecule has 2 aromatic carbocycles. The second-order valence-corrected chi connectivity index (χ2v) is 8.09. The molecule has 8 heteroatoms. The highest BCUT2D eigenvalue weighted by Gasteiger charge is 2.15. The molecule has 0 atom stereocenters. The molecular formula is C20H26N2O5S. The second kappa shape index (κ2) is 10.1. The highest BCUT2D eigenvalue weighted by Crippen LogP contribution is 2.18. The van der Waals surface area contributed by atoms with Crippen LogP contribution in [0.2, 0.25) is 0 Å². The third-order valence-corrected chi connectivity index (χ3v) is 5.27. The molecule has 0 saturated heterocycles. The SMILES string of the molecule is CCS(=O)(=O)Oc1ccc(CN(CCOC)C(=O)Nc2ccccc2C)cc1. The van der Waals surface area contributed by atoms with E-state index in [1.807, 2.05) is 31.2 Å². The van der Waals surface area contributed by atoms with E-state index in [0.29, 0.717) is 19.7 Å². The number of methoxy groups -OCH3 is 1. The summed E-state index contributed by atoms with van der Waals surface area (Å²) in [6, 6.07) is 14.0. The lowest BCUT2D eigenvalue weighted by Crippen LogP contribution is -2.37. The van der Waals surface area contributed by atoms with Gasteiger partial charge in [0.2, 0.25) is 0 Å². The van der Waals surface area contributed by atoms with Gasteiger partial charge < -0.3 is 19.1 Å². The molecule has 0 spiro atoms. The first kappa shape index (κ1) is 21.7. The number of ether oxygens (including phenoxy) is 1. The van der Waals surface area contributed by atoms with Crippen molar-refractivity contribution < 1.29 is 22.1 Å². The predicted octanol–water partition coefficient (Wildman–Crippen LogP) is 3.40. The average molecular weight is 407 g/mol. The Morgan fingerprint density at radius 3 is 2.39 bits per heavy atom. The lowest BCUT2D eigenvalue weighted by atomic mass is 10.2. The highest BCUT2D eigenvalue weighted by molar-refractivity contribution is 7.87. The molecular weight excluding hydrogens is 380 g/mol. The fraction of sp³-hybridized carbons (Fsp3) is 0.350. The average Bonchev–Trinajstić information content (AvgIpc) is 2.68. The summed E-state index contributed by atoms with van der Waals surface area (Å²) in [7, 11) is -1.98. The minimum absolute atomic E-state index is 0.0986. The van der Waals surface area contributed by atoms with Gasteiger partial charge in [0.25, 0.3) is 0 Å². The maximum atomic E-state index is 12.7. The number of amides is 2. The molecule has 0 aliphatic carbocycles. The van der Waals surface area contributed by atoms with Crippen LogP contribution in [0.1, 0.15) is 18.1 Å². The summed E-state index contributed by atoms with van der Waals surface area (Å²) in [6.45, 7) is 4.61. The van der Waals surface area contributed by atoms with Gasteiger partial charge in [-0.05, 0) is 43.2 Å². The number of aryl methyl sites for hydroxylation is 1. The molecule has 0 aliphatic rings. The normalized spacial score (nSPS) is 11.1. The molecule has 152 valence electrons. The smallest absolute Gasteiger partial charge is 0.322 e. The van der Waals surface area contributed by atoms with E-state index in [0.717, 1.165) is 16.8 Å². The number of urea groups is 1. The zero-order valence-corrected chi connectivity index (χ0v) is 17.2. The molecule has 0 unspecified atom stereocenters. The zero-order chi connectivity index (χ0) is 20.6. The number of nitrogens with zero attached hydrogens (tertiary/aromatic N) is 1. The summed E-state index contributed by atoms with van der Waals surface area (Å²) in [5.74, 6) is 0.150. The fourth-order valence-electron chi connectivity index (χ4n) is 2.44. The number of para-hydroxylation sites is 1. The zero-order valence-electron chi connectivity index (χ0n) is 16.3. The van der Waals surface area contributed by atoms with Gasteiger partial charge in [-0.1, -0.05) is 30.3 Å².